The number of benzene rings is 1. The van der Waals surface area contributed by atoms with Gasteiger partial charge in [-0.1, -0.05) is 29.3 Å². The molecule has 2 heterocycles. The lowest BCUT2D eigenvalue weighted by atomic mass is 10.0. The summed E-state index contributed by atoms with van der Waals surface area (Å²) in [6.07, 6.45) is 7.68. The SMILES string of the molecule is NC(Cc1ccc(Cl)c(Cl)c1)c1cnn2ccncc12. The van der Waals surface area contributed by atoms with Crippen LogP contribution in [0.5, 0.6) is 0 Å². The van der Waals surface area contributed by atoms with Crippen molar-refractivity contribution in [3.05, 3.63) is 64.2 Å². The third kappa shape index (κ3) is 2.50. The molecule has 0 amide bonds. The molecule has 1 atom stereocenters. The fourth-order valence-electron chi connectivity index (χ4n) is 2.17. The molecule has 2 aromatic heterocycles. The van der Waals surface area contributed by atoms with Gasteiger partial charge in [-0.2, -0.15) is 5.10 Å². The van der Waals surface area contributed by atoms with Gasteiger partial charge in [0.25, 0.3) is 0 Å². The molecule has 4 nitrogen and oxygen atoms in total. The van der Waals surface area contributed by atoms with Gasteiger partial charge in [0.15, 0.2) is 0 Å². The second kappa shape index (κ2) is 5.40. The van der Waals surface area contributed by atoms with E-state index in [9.17, 15) is 0 Å². The maximum atomic E-state index is 6.27. The van der Waals surface area contributed by atoms with Crippen molar-refractivity contribution in [2.75, 3.05) is 0 Å². The van der Waals surface area contributed by atoms with Gasteiger partial charge in [0.1, 0.15) is 0 Å². The molecule has 0 aliphatic carbocycles. The van der Waals surface area contributed by atoms with Gasteiger partial charge in [-0.15, -0.1) is 0 Å². The van der Waals surface area contributed by atoms with Crippen LogP contribution in [0.1, 0.15) is 17.2 Å². The summed E-state index contributed by atoms with van der Waals surface area (Å²) >= 11 is 11.9. The normalized spacial score (nSPS) is 12.8. The van der Waals surface area contributed by atoms with Crippen LogP contribution >= 0.6 is 23.2 Å². The summed E-state index contributed by atoms with van der Waals surface area (Å²) in [7, 11) is 0. The van der Waals surface area contributed by atoms with Crippen molar-refractivity contribution in [3.8, 4) is 0 Å². The number of fused-ring (bicyclic) bond motifs is 1. The average Bonchev–Trinajstić information content (AvgIpc) is 2.87. The van der Waals surface area contributed by atoms with Gasteiger partial charge >= 0.3 is 0 Å². The first kappa shape index (κ1) is 13.4. The van der Waals surface area contributed by atoms with Crippen LogP contribution in [-0.2, 0) is 6.42 Å². The maximum absolute atomic E-state index is 6.27. The van der Waals surface area contributed by atoms with Crippen LogP contribution in [0.15, 0.2) is 43.0 Å². The molecule has 0 saturated carbocycles. The minimum atomic E-state index is -0.172. The van der Waals surface area contributed by atoms with E-state index in [1.165, 1.54) is 0 Å². The fourth-order valence-corrected chi connectivity index (χ4v) is 2.49. The zero-order valence-electron chi connectivity index (χ0n) is 10.5. The number of nitrogens with two attached hydrogens (primary N) is 1. The highest BCUT2D eigenvalue weighted by molar-refractivity contribution is 6.42. The zero-order valence-corrected chi connectivity index (χ0v) is 12.0. The molecule has 0 radical (unpaired) electrons. The Morgan fingerprint density at radius 3 is 2.85 bits per heavy atom. The van der Waals surface area contributed by atoms with Crippen LogP contribution in [0.3, 0.4) is 0 Å². The summed E-state index contributed by atoms with van der Waals surface area (Å²) in [4.78, 5) is 4.11. The third-order valence-electron chi connectivity index (χ3n) is 3.19. The largest absolute Gasteiger partial charge is 0.324 e. The Labute approximate surface area is 126 Å². The van der Waals surface area contributed by atoms with Crippen LogP contribution in [0.4, 0.5) is 0 Å². The first-order chi connectivity index (χ1) is 9.65. The first-order valence-electron chi connectivity index (χ1n) is 6.12. The molecule has 1 unspecified atom stereocenters. The molecule has 6 heteroatoms. The van der Waals surface area contributed by atoms with E-state index >= 15 is 0 Å². The minimum absolute atomic E-state index is 0.172. The van der Waals surface area contributed by atoms with Gasteiger partial charge in [-0.05, 0) is 24.1 Å². The number of nitrogens with zero attached hydrogens (tertiary/aromatic N) is 3. The number of rotatable bonds is 3. The molecular formula is C14H12Cl2N4. The van der Waals surface area contributed by atoms with Gasteiger partial charge in [0.05, 0.1) is 28.0 Å². The van der Waals surface area contributed by atoms with Gasteiger partial charge in [0, 0.05) is 24.0 Å². The molecule has 0 spiro atoms. The molecule has 0 aliphatic rings. The van der Waals surface area contributed by atoms with E-state index < -0.39 is 0 Å². The third-order valence-corrected chi connectivity index (χ3v) is 3.93. The molecule has 0 bridgehead atoms. The van der Waals surface area contributed by atoms with Crippen LogP contribution in [0.25, 0.3) is 5.52 Å². The van der Waals surface area contributed by atoms with Crippen molar-refractivity contribution in [3.63, 3.8) is 0 Å². The molecule has 0 fully saturated rings. The molecule has 0 saturated heterocycles. The first-order valence-corrected chi connectivity index (χ1v) is 6.87. The van der Waals surface area contributed by atoms with E-state index in [1.807, 2.05) is 12.1 Å². The molecule has 3 aromatic rings. The summed E-state index contributed by atoms with van der Waals surface area (Å²) < 4.78 is 1.76. The topological polar surface area (TPSA) is 56.2 Å². The summed E-state index contributed by atoms with van der Waals surface area (Å²) in [6.45, 7) is 0. The summed E-state index contributed by atoms with van der Waals surface area (Å²) in [5.74, 6) is 0. The summed E-state index contributed by atoms with van der Waals surface area (Å²) in [6, 6.07) is 5.38. The molecule has 20 heavy (non-hydrogen) atoms. The number of aromatic nitrogens is 3. The van der Waals surface area contributed by atoms with Crippen LogP contribution in [-0.4, -0.2) is 14.6 Å². The Morgan fingerprint density at radius 2 is 2.05 bits per heavy atom. The molecule has 102 valence electrons. The van der Waals surface area contributed by atoms with E-state index in [4.69, 9.17) is 28.9 Å². The molecule has 1 aromatic carbocycles. The Morgan fingerprint density at radius 1 is 1.20 bits per heavy atom. The molecule has 0 aliphatic heterocycles. The van der Waals surface area contributed by atoms with Crippen LogP contribution < -0.4 is 5.73 Å². The van der Waals surface area contributed by atoms with E-state index in [0.717, 1.165) is 16.6 Å². The molecule has 2 N–H and O–H groups in total. The Bertz CT molecular complexity index is 754. The second-order valence-corrected chi connectivity index (χ2v) is 5.38. The lowest BCUT2D eigenvalue weighted by Gasteiger charge is -2.11. The number of halogens is 2. The lowest BCUT2D eigenvalue weighted by Crippen LogP contribution is -2.13. The van der Waals surface area contributed by atoms with Crippen molar-refractivity contribution in [1.82, 2.24) is 14.6 Å². The van der Waals surface area contributed by atoms with Crippen molar-refractivity contribution >= 4 is 28.7 Å². The predicted octanol–water partition coefficient (Wildman–Crippen LogP) is 3.28. The predicted molar refractivity (Wildman–Crippen MR) is 80.1 cm³/mol. The molecule has 3 rings (SSSR count). The van der Waals surface area contributed by atoms with Gasteiger partial charge in [0.2, 0.25) is 0 Å². The average molecular weight is 307 g/mol. The van der Waals surface area contributed by atoms with Crippen LogP contribution in [0, 0.1) is 0 Å². The second-order valence-electron chi connectivity index (χ2n) is 4.57. The van der Waals surface area contributed by atoms with E-state index in [-0.39, 0.29) is 6.04 Å². The maximum Gasteiger partial charge on any atom is 0.0892 e. The highest BCUT2D eigenvalue weighted by Crippen LogP contribution is 2.26. The van der Waals surface area contributed by atoms with Crippen LogP contribution in [0.2, 0.25) is 10.0 Å². The van der Waals surface area contributed by atoms with Crippen molar-refractivity contribution in [1.29, 1.82) is 0 Å². The van der Waals surface area contributed by atoms with Crippen molar-refractivity contribution in [2.24, 2.45) is 5.73 Å². The van der Waals surface area contributed by atoms with E-state index in [0.29, 0.717) is 16.5 Å². The fraction of sp³-hybridized carbons (Fsp3) is 0.143. The Kier molecular flexibility index (Phi) is 3.61. The minimum Gasteiger partial charge on any atom is -0.324 e. The van der Waals surface area contributed by atoms with Crippen molar-refractivity contribution in [2.45, 2.75) is 12.5 Å². The highest BCUT2D eigenvalue weighted by Gasteiger charge is 2.13. The quantitative estimate of drug-likeness (QED) is 0.808. The zero-order chi connectivity index (χ0) is 14.1. The van der Waals surface area contributed by atoms with Gasteiger partial charge in [-0.3, -0.25) is 4.98 Å². The standard InChI is InChI=1S/C14H12Cl2N4/c15-11-2-1-9(5-12(11)16)6-13(17)10-7-19-20-4-3-18-8-14(10)20/h1-5,7-8,13H,6,17H2. The Balaban J connectivity index is 1.89. The van der Waals surface area contributed by atoms with E-state index in [1.54, 1.807) is 35.4 Å². The number of hydrogen-bond acceptors (Lipinski definition) is 3. The molecular weight excluding hydrogens is 295 g/mol. The monoisotopic (exact) mass is 306 g/mol. The summed E-state index contributed by atoms with van der Waals surface area (Å²) in [5, 5.41) is 5.35. The smallest absolute Gasteiger partial charge is 0.0892 e. The highest BCUT2D eigenvalue weighted by atomic mass is 35.5. The summed E-state index contributed by atoms with van der Waals surface area (Å²) in [5.41, 5.74) is 9.18. The van der Waals surface area contributed by atoms with Crippen molar-refractivity contribution < 1.29 is 0 Å². The number of hydrogen-bond donors (Lipinski definition) is 1. The lowest BCUT2D eigenvalue weighted by molar-refractivity contribution is 0.727. The Hall–Kier alpha value is -1.62. The van der Waals surface area contributed by atoms with Gasteiger partial charge < -0.3 is 5.73 Å². The van der Waals surface area contributed by atoms with E-state index in [2.05, 4.69) is 10.1 Å². The van der Waals surface area contributed by atoms with Gasteiger partial charge in [-0.25, -0.2) is 4.52 Å².